The van der Waals surface area contributed by atoms with Crippen molar-refractivity contribution in [1.29, 1.82) is 0 Å². The molecule has 6 heteroatoms. The Morgan fingerprint density at radius 3 is 2.57 bits per heavy atom. The maximum Gasteiger partial charge on any atom is 0.392 e. The molecule has 1 aromatic carbocycles. The smallest absolute Gasteiger partial charge is 0.392 e. The lowest BCUT2D eigenvalue weighted by atomic mass is 10.2. The van der Waals surface area contributed by atoms with E-state index in [0.29, 0.717) is 24.1 Å². The quantitative estimate of drug-likeness (QED) is 0.795. The average molecular weight is 303 g/mol. The largest absolute Gasteiger partial charge is 0.490 e. The number of alkyl halides is 3. The van der Waals surface area contributed by atoms with Crippen molar-refractivity contribution in [2.24, 2.45) is 0 Å². The van der Waals surface area contributed by atoms with Crippen LogP contribution in [-0.4, -0.2) is 25.4 Å². The van der Waals surface area contributed by atoms with E-state index in [1.807, 2.05) is 19.1 Å². The molecule has 0 saturated heterocycles. The summed E-state index contributed by atoms with van der Waals surface area (Å²) in [5.74, 6) is 0.853. The molecule has 0 spiro atoms. The van der Waals surface area contributed by atoms with Crippen LogP contribution in [0, 0.1) is 0 Å². The highest BCUT2D eigenvalue weighted by Gasteiger charge is 2.27. The molecular weight excluding hydrogens is 283 g/mol. The zero-order valence-corrected chi connectivity index (χ0v) is 12.0. The summed E-state index contributed by atoms with van der Waals surface area (Å²) in [4.78, 5) is 0. The fourth-order valence-corrected chi connectivity index (χ4v) is 1.88. The van der Waals surface area contributed by atoms with Crippen LogP contribution in [0.4, 0.5) is 13.2 Å². The molecular formula is C15H20F3NO2. The van der Waals surface area contributed by atoms with Gasteiger partial charge in [0.2, 0.25) is 0 Å². The highest BCUT2D eigenvalue weighted by atomic mass is 19.4. The molecule has 1 aliphatic rings. The van der Waals surface area contributed by atoms with E-state index in [4.69, 9.17) is 9.47 Å². The molecule has 0 radical (unpaired) electrons. The Kier molecular flexibility index (Phi) is 5.33. The van der Waals surface area contributed by atoms with Crippen LogP contribution >= 0.6 is 0 Å². The van der Waals surface area contributed by atoms with Gasteiger partial charge in [0.1, 0.15) is 0 Å². The summed E-state index contributed by atoms with van der Waals surface area (Å²) < 4.78 is 47.0. The molecule has 1 fully saturated rings. The predicted molar refractivity (Wildman–Crippen MR) is 73.6 cm³/mol. The van der Waals surface area contributed by atoms with Crippen molar-refractivity contribution < 1.29 is 22.6 Å². The van der Waals surface area contributed by atoms with Crippen molar-refractivity contribution in [3.05, 3.63) is 23.8 Å². The van der Waals surface area contributed by atoms with Gasteiger partial charge in [-0.1, -0.05) is 6.07 Å². The Hall–Kier alpha value is -1.43. The van der Waals surface area contributed by atoms with Crippen molar-refractivity contribution >= 4 is 0 Å². The van der Waals surface area contributed by atoms with Gasteiger partial charge in [-0.25, -0.2) is 0 Å². The number of benzene rings is 1. The number of ether oxygens (including phenoxy) is 2. The zero-order valence-electron chi connectivity index (χ0n) is 12.0. The Morgan fingerprint density at radius 1 is 1.19 bits per heavy atom. The molecule has 0 aromatic heterocycles. The van der Waals surface area contributed by atoms with E-state index >= 15 is 0 Å². The Balaban J connectivity index is 1.94. The molecule has 0 aliphatic heterocycles. The minimum atomic E-state index is -4.21. The third kappa shape index (κ3) is 5.83. The van der Waals surface area contributed by atoms with Gasteiger partial charge in [0, 0.05) is 12.6 Å². The average Bonchev–Trinajstić information content (AvgIpc) is 3.21. The van der Waals surface area contributed by atoms with Crippen LogP contribution in [0.1, 0.15) is 31.7 Å². The number of hydrogen-bond donors (Lipinski definition) is 1. The SMILES string of the molecule is CCOc1cc(CNC2CC2)ccc1OCCC(F)(F)F. The highest BCUT2D eigenvalue weighted by molar-refractivity contribution is 5.43. The lowest BCUT2D eigenvalue weighted by molar-refractivity contribution is -0.139. The fraction of sp³-hybridized carbons (Fsp3) is 0.600. The van der Waals surface area contributed by atoms with Crippen LogP contribution in [0.5, 0.6) is 11.5 Å². The van der Waals surface area contributed by atoms with Gasteiger partial charge in [-0.2, -0.15) is 13.2 Å². The van der Waals surface area contributed by atoms with Gasteiger partial charge >= 0.3 is 6.18 Å². The summed E-state index contributed by atoms with van der Waals surface area (Å²) in [5, 5.41) is 3.38. The number of halogens is 3. The van der Waals surface area contributed by atoms with Crippen molar-refractivity contribution in [3.63, 3.8) is 0 Å². The van der Waals surface area contributed by atoms with Gasteiger partial charge in [0.25, 0.3) is 0 Å². The van der Waals surface area contributed by atoms with Crippen molar-refractivity contribution in [1.82, 2.24) is 5.32 Å². The second-order valence-electron chi connectivity index (χ2n) is 5.08. The Bertz CT molecular complexity index is 459. The molecule has 2 rings (SSSR count). The minimum absolute atomic E-state index is 0.358. The van der Waals surface area contributed by atoms with Crippen LogP contribution in [-0.2, 0) is 6.54 Å². The molecule has 118 valence electrons. The molecule has 0 unspecified atom stereocenters. The second kappa shape index (κ2) is 7.02. The fourth-order valence-electron chi connectivity index (χ4n) is 1.88. The predicted octanol–water partition coefficient (Wildman–Crippen LogP) is 3.67. The third-order valence-corrected chi connectivity index (χ3v) is 3.12. The molecule has 0 heterocycles. The lowest BCUT2D eigenvalue weighted by Crippen LogP contribution is -2.15. The monoisotopic (exact) mass is 303 g/mol. The second-order valence-corrected chi connectivity index (χ2v) is 5.08. The van der Waals surface area contributed by atoms with Gasteiger partial charge in [-0.15, -0.1) is 0 Å². The number of nitrogens with one attached hydrogen (secondary N) is 1. The minimum Gasteiger partial charge on any atom is -0.490 e. The van der Waals surface area contributed by atoms with Crippen molar-refractivity contribution in [3.8, 4) is 11.5 Å². The van der Waals surface area contributed by atoms with E-state index < -0.39 is 19.2 Å². The van der Waals surface area contributed by atoms with Gasteiger partial charge in [0.15, 0.2) is 11.5 Å². The Morgan fingerprint density at radius 2 is 1.95 bits per heavy atom. The molecule has 1 aliphatic carbocycles. The molecule has 0 atom stereocenters. The first-order valence-corrected chi connectivity index (χ1v) is 7.16. The topological polar surface area (TPSA) is 30.5 Å². The third-order valence-electron chi connectivity index (χ3n) is 3.12. The van der Waals surface area contributed by atoms with Crippen LogP contribution in [0.25, 0.3) is 0 Å². The molecule has 1 N–H and O–H groups in total. The standard InChI is InChI=1S/C15H20F3NO2/c1-2-20-14-9-11(10-19-12-4-5-12)3-6-13(14)21-8-7-15(16,17)18/h3,6,9,12,19H,2,4-5,7-8,10H2,1H3. The Labute approximate surface area is 122 Å². The van der Waals surface area contributed by atoms with Crippen LogP contribution in [0.3, 0.4) is 0 Å². The van der Waals surface area contributed by atoms with Gasteiger partial charge in [0.05, 0.1) is 19.6 Å². The summed E-state index contributed by atoms with van der Waals surface area (Å²) in [7, 11) is 0. The molecule has 1 saturated carbocycles. The van der Waals surface area contributed by atoms with E-state index in [0.717, 1.165) is 12.1 Å². The summed E-state index contributed by atoms with van der Waals surface area (Å²) in [6.45, 7) is 2.60. The van der Waals surface area contributed by atoms with Crippen LogP contribution in [0.2, 0.25) is 0 Å². The normalized spacial score (nSPS) is 15.0. The van der Waals surface area contributed by atoms with Crippen molar-refractivity contribution in [2.45, 2.75) is 44.9 Å². The molecule has 0 bridgehead atoms. The summed E-state index contributed by atoms with van der Waals surface area (Å²) >= 11 is 0. The summed E-state index contributed by atoms with van der Waals surface area (Å²) in [5.41, 5.74) is 1.04. The first kappa shape index (κ1) is 15.9. The van der Waals surface area contributed by atoms with Crippen LogP contribution < -0.4 is 14.8 Å². The summed E-state index contributed by atoms with van der Waals surface area (Å²) in [6, 6.07) is 5.94. The molecule has 0 amide bonds. The lowest BCUT2D eigenvalue weighted by Gasteiger charge is -2.14. The number of rotatable bonds is 8. The van der Waals surface area contributed by atoms with Crippen molar-refractivity contribution in [2.75, 3.05) is 13.2 Å². The first-order valence-electron chi connectivity index (χ1n) is 7.16. The maximum absolute atomic E-state index is 12.1. The first-order chi connectivity index (χ1) is 9.98. The summed E-state index contributed by atoms with van der Waals surface area (Å²) in [6.07, 6.45) is -2.77. The van der Waals surface area contributed by atoms with Crippen LogP contribution in [0.15, 0.2) is 18.2 Å². The highest BCUT2D eigenvalue weighted by Crippen LogP contribution is 2.30. The van der Waals surface area contributed by atoms with E-state index in [1.54, 1.807) is 6.07 Å². The molecule has 1 aromatic rings. The van der Waals surface area contributed by atoms with E-state index in [1.165, 1.54) is 12.8 Å². The van der Waals surface area contributed by atoms with Gasteiger partial charge < -0.3 is 14.8 Å². The molecule has 21 heavy (non-hydrogen) atoms. The van der Waals surface area contributed by atoms with E-state index in [9.17, 15) is 13.2 Å². The molecule has 3 nitrogen and oxygen atoms in total. The van der Waals surface area contributed by atoms with Gasteiger partial charge in [-0.05, 0) is 37.5 Å². The van der Waals surface area contributed by atoms with E-state index in [2.05, 4.69) is 5.32 Å². The number of hydrogen-bond acceptors (Lipinski definition) is 3. The maximum atomic E-state index is 12.1. The zero-order chi connectivity index (χ0) is 15.3. The van der Waals surface area contributed by atoms with E-state index in [-0.39, 0.29) is 0 Å². The van der Waals surface area contributed by atoms with Gasteiger partial charge in [-0.3, -0.25) is 0 Å².